The van der Waals surface area contributed by atoms with Gasteiger partial charge in [0.05, 0.1) is 24.3 Å². The number of aromatic nitrogens is 2. The molecule has 0 atom stereocenters. The summed E-state index contributed by atoms with van der Waals surface area (Å²) in [6.07, 6.45) is 1.18. The second kappa shape index (κ2) is 8.86. The van der Waals surface area contributed by atoms with E-state index in [9.17, 15) is 5.11 Å². The minimum Gasteiger partial charge on any atom is -0.496 e. The van der Waals surface area contributed by atoms with Crippen LogP contribution in [-0.2, 0) is 6.54 Å². The number of rotatable bonds is 5. The molecule has 0 aliphatic carbocycles. The summed E-state index contributed by atoms with van der Waals surface area (Å²) >= 11 is 3.51. The van der Waals surface area contributed by atoms with Crippen LogP contribution in [0.3, 0.4) is 0 Å². The molecular weight excluding hydrogens is 446 g/mol. The highest BCUT2D eigenvalue weighted by Crippen LogP contribution is 2.33. The van der Waals surface area contributed by atoms with Crippen LogP contribution in [0.2, 0.25) is 0 Å². The van der Waals surface area contributed by atoms with Crippen LogP contribution in [0.25, 0.3) is 15.6 Å². The molecule has 8 heteroatoms. The summed E-state index contributed by atoms with van der Waals surface area (Å²) in [5, 5.41) is 23.9. The van der Waals surface area contributed by atoms with Crippen LogP contribution < -0.4 is 15.0 Å². The molecule has 4 rings (SSSR count). The van der Waals surface area contributed by atoms with Crippen molar-refractivity contribution in [2.75, 3.05) is 30.4 Å². The van der Waals surface area contributed by atoms with Gasteiger partial charge in [0.2, 0.25) is 0 Å². The Balaban J connectivity index is 1.65. The van der Waals surface area contributed by atoms with Crippen molar-refractivity contribution >= 4 is 44.0 Å². The summed E-state index contributed by atoms with van der Waals surface area (Å²) in [6.45, 7) is 9.41. The molecule has 30 heavy (non-hydrogen) atoms. The second-order valence-electron chi connectivity index (χ2n) is 7.25. The van der Waals surface area contributed by atoms with E-state index in [1.54, 1.807) is 7.11 Å². The minimum atomic E-state index is -0.251. The fourth-order valence-corrected chi connectivity index (χ4v) is 4.23. The number of hydrogen-bond acceptors (Lipinski definition) is 6. The molecule has 2 N–H and O–H groups in total. The van der Waals surface area contributed by atoms with E-state index in [-0.39, 0.29) is 6.10 Å². The molecule has 0 unspecified atom stereocenters. The maximum absolute atomic E-state index is 9.81. The molecule has 0 spiro atoms. The van der Waals surface area contributed by atoms with Crippen molar-refractivity contribution in [3.63, 3.8) is 0 Å². The smallest absolute Gasteiger partial charge is 0.188 e. The number of nitrogens with one attached hydrogen (secondary N) is 1. The molecule has 0 bridgehead atoms. The summed E-state index contributed by atoms with van der Waals surface area (Å²) in [4.78, 5) is 5.73. The first kappa shape index (κ1) is 20.4. The lowest BCUT2D eigenvalue weighted by atomic mass is 10.1. The van der Waals surface area contributed by atoms with Gasteiger partial charge < -0.3 is 20.1 Å². The summed E-state index contributed by atoms with van der Waals surface area (Å²) in [5.41, 5.74) is 1.62. The predicted octanol–water partition coefficient (Wildman–Crippen LogP) is 4.52. The Kier molecular flexibility index (Phi) is 6.02. The first-order chi connectivity index (χ1) is 14.6. The lowest BCUT2D eigenvalue weighted by Gasteiger charge is -2.31. The van der Waals surface area contributed by atoms with Gasteiger partial charge in [-0.15, -0.1) is 10.2 Å². The fourth-order valence-electron chi connectivity index (χ4n) is 3.65. The SMILES string of the molecule is [C-]#[N+]c1ccc2c(N3CCC(O)CC3)nnc(NCc3ccc(OC)c(Br)c3)c2c1. The van der Waals surface area contributed by atoms with E-state index in [4.69, 9.17) is 11.3 Å². The van der Waals surface area contributed by atoms with Gasteiger partial charge in [-0.25, -0.2) is 4.85 Å². The van der Waals surface area contributed by atoms with E-state index >= 15 is 0 Å². The number of anilines is 2. The third kappa shape index (κ3) is 4.18. The van der Waals surface area contributed by atoms with Crippen LogP contribution in [-0.4, -0.2) is 41.6 Å². The van der Waals surface area contributed by atoms with Gasteiger partial charge in [-0.05, 0) is 52.5 Å². The lowest BCUT2D eigenvalue weighted by molar-refractivity contribution is 0.145. The van der Waals surface area contributed by atoms with Gasteiger partial charge in [0, 0.05) is 30.4 Å². The maximum atomic E-state index is 9.81. The highest BCUT2D eigenvalue weighted by Gasteiger charge is 2.21. The van der Waals surface area contributed by atoms with Gasteiger partial charge in [0.1, 0.15) is 5.75 Å². The van der Waals surface area contributed by atoms with Gasteiger partial charge in [0.25, 0.3) is 0 Å². The van der Waals surface area contributed by atoms with Gasteiger partial charge in [0.15, 0.2) is 17.3 Å². The van der Waals surface area contributed by atoms with Gasteiger partial charge in [-0.1, -0.05) is 18.2 Å². The molecule has 1 aromatic heterocycles. The topological polar surface area (TPSA) is 74.9 Å². The maximum Gasteiger partial charge on any atom is 0.188 e. The van der Waals surface area contributed by atoms with E-state index in [0.29, 0.717) is 18.1 Å². The molecule has 0 radical (unpaired) electrons. The Bertz CT molecular complexity index is 1110. The van der Waals surface area contributed by atoms with Gasteiger partial charge in [-0.3, -0.25) is 0 Å². The van der Waals surface area contributed by atoms with Crippen LogP contribution >= 0.6 is 15.9 Å². The van der Waals surface area contributed by atoms with Crippen LogP contribution in [0.1, 0.15) is 18.4 Å². The summed E-state index contributed by atoms with van der Waals surface area (Å²) in [6, 6.07) is 11.5. The number of halogens is 1. The molecule has 1 saturated heterocycles. The first-order valence-electron chi connectivity index (χ1n) is 9.76. The van der Waals surface area contributed by atoms with Crippen LogP contribution in [0.5, 0.6) is 5.75 Å². The monoisotopic (exact) mass is 467 g/mol. The quantitative estimate of drug-likeness (QED) is 0.537. The highest BCUT2D eigenvalue weighted by atomic mass is 79.9. The van der Waals surface area contributed by atoms with Crippen molar-refractivity contribution in [1.82, 2.24) is 10.2 Å². The van der Waals surface area contributed by atoms with Crippen molar-refractivity contribution in [2.24, 2.45) is 0 Å². The average molecular weight is 468 g/mol. The number of benzene rings is 2. The van der Waals surface area contributed by atoms with Crippen molar-refractivity contribution in [3.05, 3.63) is 57.9 Å². The molecule has 0 amide bonds. The number of nitrogens with zero attached hydrogens (tertiary/aromatic N) is 4. The number of ether oxygens (including phenoxy) is 1. The molecule has 1 aliphatic heterocycles. The zero-order valence-corrected chi connectivity index (χ0v) is 18.2. The summed E-state index contributed by atoms with van der Waals surface area (Å²) in [5.74, 6) is 2.22. The lowest BCUT2D eigenvalue weighted by Crippen LogP contribution is -2.36. The van der Waals surface area contributed by atoms with Crippen molar-refractivity contribution in [3.8, 4) is 5.75 Å². The molecule has 3 aromatic rings. The molecule has 1 aliphatic rings. The van der Waals surface area contributed by atoms with Crippen LogP contribution in [0.15, 0.2) is 40.9 Å². The zero-order chi connectivity index (χ0) is 21.1. The number of aliphatic hydroxyl groups excluding tert-OH is 1. The van der Waals surface area contributed by atoms with E-state index in [2.05, 4.69) is 41.2 Å². The van der Waals surface area contributed by atoms with Gasteiger partial charge in [-0.2, -0.15) is 0 Å². The Hall–Kier alpha value is -2.89. The Morgan fingerprint density at radius 3 is 2.70 bits per heavy atom. The number of hydrogen-bond donors (Lipinski definition) is 2. The Labute approximate surface area is 183 Å². The van der Waals surface area contributed by atoms with E-state index in [1.807, 2.05) is 36.4 Å². The molecular formula is C22H22BrN5O2. The number of aliphatic hydroxyl groups is 1. The molecule has 7 nitrogen and oxygen atoms in total. The third-order valence-corrected chi connectivity index (χ3v) is 5.93. The number of fused-ring (bicyclic) bond motifs is 1. The van der Waals surface area contributed by atoms with Crippen molar-refractivity contribution < 1.29 is 9.84 Å². The average Bonchev–Trinajstić information content (AvgIpc) is 2.77. The highest BCUT2D eigenvalue weighted by molar-refractivity contribution is 9.10. The Morgan fingerprint density at radius 2 is 2.00 bits per heavy atom. The van der Waals surface area contributed by atoms with E-state index < -0.39 is 0 Å². The fraction of sp³-hybridized carbons (Fsp3) is 0.318. The number of piperidine rings is 1. The van der Waals surface area contributed by atoms with Crippen LogP contribution in [0, 0.1) is 6.57 Å². The largest absolute Gasteiger partial charge is 0.496 e. The zero-order valence-electron chi connectivity index (χ0n) is 16.6. The third-order valence-electron chi connectivity index (χ3n) is 5.31. The van der Waals surface area contributed by atoms with Gasteiger partial charge >= 0.3 is 0 Å². The molecule has 154 valence electrons. The molecule has 2 aromatic carbocycles. The Morgan fingerprint density at radius 1 is 1.20 bits per heavy atom. The van der Waals surface area contributed by atoms with Crippen LogP contribution in [0.4, 0.5) is 17.3 Å². The molecule has 2 heterocycles. The van der Waals surface area contributed by atoms with E-state index in [1.165, 1.54) is 0 Å². The molecule has 1 fully saturated rings. The second-order valence-corrected chi connectivity index (χ2v) is 8.11. The first-order valence-corrected chi connectivity index (χ1v) is 10.6. The van der Waals surface area contributed by atoms with Crippen molar-refractivity contribution in [1.29, 1.82) is 0 Å². The van der Waals surface area contributed by atoms with E-state index in [0.717, 1.165) is 58.3 Å². The summed E-state index contributed by atoms with van der Waals surface area (Å²) in [7, 11) is 1.64. The van der Waals surface area contributed by atoms with Crippen molar-refractivity contribution in [2.45, 2.75) is 25.5 Å². The standard InChI is InChI=1S/C22H22BrN5O2/c1-24-15-4-5-17-18(12-15)21(25-13-14-3-6-20(30-2)19(23)11-14)26-27-22(17)28-9-7-16(29)8-10-28/h3-6,11-12,16,29H,7-10,13H2,2H3,(H,25,26). The molecule has 0 saturated carbocycles. The predicted molar refractivity (Wildman–Crippen MR) is 121 cm³/mol. The number of methoxy groups -OCH3 is 1. The minimum absolute atomic E-state index is 0.251. The summed E-state index contributed by atoms with van der Waals surface area (Å²) < 4.78 is 6.17. The normalized spacial score (nSPS) is 14.5.